The first-order valence-corrected chi connectivity index (χ1v) is 12.6. The predicted molar refractivity (Wildman–Crippen MR) is 141 cm³/mol. The number of primary amides is 1. The Kier molecular flexibility index (Phi) is 8.23. The zero-order chi connectivity index (χ0) is 28.1. The lowest BCUT2D eigenvalue weighted by Crippen LogP contribution is -2.53. The second kappa shape index (κ2) is 11.8. The average molecular weight is 536 g/mol. The summed E-state index contributed by atoms with van der Waals surface area (Å²) in [5.74, 6) is -3.35. The lowest BCUT2D eigenvalue weighted by molar-refractivity contribution is -0.145. The zero-order valence-electron chi connectivity index (χ0n) is 21.0. The minimum Gasteiger partial charge on any atom is -0.480 e. The molecule has 204 valence electrons. The van der Waals surface area contributed by atoms with Gasteiger partial charge < -0.3 is 26.0 Å². The number of fused-ring (bicyclic) bond motifs is 1. The van der Waals surface area contributed by atoms with Crippen molar-refractivity contribution in [3.05, 3.63) is 81.0 Å². The maximum absolute atomic E-state index is 14.0. The number of carbonyl (C=O) groups is 4. The topological polar surface area (TPSA) is 185 Å². The number of benzene rings is 2. The van der Waals surface area contributed by atoms with Gasteiger partial charge in [-0.15, -0.1) is 0 Å². The minimum absolute atomic E-state index is 0.0161. The standard InChI is InChI=1S/C27H29N5O7/c28-22(33)13-12-19(26(37)38)29-23(34)20-11-6-14-31(20)25(36)21(15-16-7-2-1-3-8-16)32-24(35)17-9-4-5-10-18(17)30-27(32)39/h1-5,7-10,19-21H,6,11-15H2,(H2,28,33)(H,29,34)(H,30,39)(H,37,38)/t19-,20+,21+/m1/s1. The highest BCUT2D eigenvalue weighted by Gasteiger charge is 2.40. The van der Waals surface area contributed by atoms with Crippen LogP contribution in [0.25, 0.3) is 10.9 Å². The third kappa shape index (κ3) is 6.06. The number of aromatic amines is 1. The summed E-state index contributed by atoms with van der Waals surface area (Å²) in [6.07, 6.45) is 0.305. The summed E-state index contributed by atoms with van der Waals surface area (Å²) >= 11 is 0. The van der Waals surface area contributed by atoms with Crippen LogP contribution in [-0.4, -0.2) is 61.9 Å². The van der Waals surface area contributed by atoms with Gasteiger partial charge in [0.1, 0.15) is 18.1 Å². The summed E-state index contributed by atoms with van der Waals surface area (Å²) in [5.41, 5.74) is 4.76. The molecule has 2 heterocycles. The molecule has 3 aromatic rings. The highest BCUT2D eigenvalue weighted by Crippen LogP contribution is 2.24. The number of aromatic nitrogens is 2. The Morgan fingerprint density at radius 1 is 1.05 bits per heavy atom. The first-order chi connectivity index (χ1) is 18.7. The molecule has 4 rings (SSSR count). The SMILES string of the molecule is NC(=O)CC[C@@H](NC(=O)[C@@H]1CCCN1C(=O)[C@H](Cc1ccccc1)n1c(=O)[nH]c2ccccc2c1=O)C(=O)O. The monoisotopic (exact) mass is 535 g/mol. The fraction of sp³-hybridized carbons (Fsp3) is 0.333. The number of carboxylic acid groups (broad SMARTS) is 1. The van der Waals surface area contributed by atoms with Crippen LogP contribution in [0.5, 0.6) is 0 Å². The Bertz CT molecular complexity index is 1510. The van der Waals surface area contributed by atoms with Crippen molar-refractivity contribution in [3.63, 3.8) is 0 Å². The van der Waals surface area contributed by atoms with Crippen LogP contribution in [0.2, 0.25) is 0 Å². The van der Waals surface area contributed by atoms with E-state index in [1.54, 1.807) is 54.6 Å². The lowest BCUT2D eigenvalue weighted by Gasteiger charge is -2.29. The van der Waals surface area contributed by atoms with E-state index >= 15 is 0 Å². The Balaban J connectivity index is 1.68. The van der Waals surface area contributed by atoms with Crippen LogP contribution in [0, 0.1) is 0 Å². The minimum atomic E-state index is -1.37. The molecule has 0 radical (unpaired) electrons. The van der Waals surface area contributed by atoms with E-state index in [4.69, 9.17) is 5.73 Å². The van der Waals surface area contributed by atoms with Crippen molar-refractivity contribution in [2.75, 3.05) is 6.54 Å². The predicted octanol–water partition coefficient (Wildman–Crippen LogP) is 0.300. The molecule has 1 saturated heterocycles. The number of aliphatic carboxylic acids is 1. The Hall–Kier alpha value is -4.74. The van der Waals surface area contributed by atoms with Crippen LogP contribution >= 0.6 is 0 Å². The summed E-state index contributed by atoms with van der Waals surface area (Å²) in [7, 11) is 0. The van der Waals surface area contributed by atoms with Gasteiger partial charge >= 0.3 is 11.7 Å². The number of nitrogens with two attached hydrogens (primary N) is 1. The fourth-order valence-corrected chi connectivity index (χ4v) is 4.89. The second-order valence-electron chi connectivity index (χ2n) is 9.45. The summed E-state index contributed by atoms with van der Waals surface area (Å²) < 4.78 is 0.887. The smallest absolute Gasteiger partial charge is 0.329 e. The number of carboxylic acids is 1. The van der Waals surface area contributed by atoms with Crippen LogP contribution in [-0.2, 0) is 25.6 Å². The molecule has 0 spiro atoms. The molecule has 0 saturated carbocycles. The van der Waals surface area contributed by atoms with E-state index in [2.05, 4.69) is 10.3 Å². The number of rotatable bonds is 10. The van der Waals surface area contributed by atoms with E-state index in [0.717, 1.165) is 4.57 Å². The third-order valence-electron chi connectivity index (χ3n) is 6.84. The number of H-pyrrole nitrogens is 1. The van der Waals surface area contributed by atoms with Gasteiger partial charge in [0.2, 0.25) is 17.7 Å². The number of hydrogen-bond acceptors (Lipinski definition) is 6. The van der Waals surface area contributed by atoms with Gasteiger partial charge in [0, 0.05) is 19.4 Å². The van der Waals surface area contributed by atoms with E-state index in [0.29, 0.717) is 17.5 Å². The first-order valence-electron chi connectivity index (χ1n) is 12.6. The second-order valence-corrected chi connectivity index (χ2v) is 9.45. The van der Waals surface area contributed by atoms with Crippen LogP contribution < -0.4 is 22.3 Å². The van der Waals surface area contributed by atoms with Crippen molar-refractivity contribution >= 4 is 34.6 Å². The maximum Gasteiger partial charge on any atom is 0.329 e. The molecule has 39 heavy (non-hydrogen) atoms. The van der Waals surface area contributed by atoms with Crippen molar-refractivity contribution in [2.45, 2.75) is 50.2 Å². The van der Waals surface area contributed by atoms with E-state index < -0.39 is 53.1 Å². The molecule has 1 aliphatic rings. The Morgan fingerprint density at radius 2 is 1.74 bits per heavy atom. The van der Waals surface area contributed by atoms with Gasteiger partial charge in [0.05, 0.1) is 10.9 Å². The van der Waals surface area contributed by atoms with Gasteiger partial charge in [-0.2, -0.15) is 0 Å². The fourth-order valence-electron chi connectivity index (χ4n) is 4.89. The van der Waals surface area contributed by atoms with Crippen LogP contribution in [0.3, 0.4) is 0 Å². The third-order valence-corrected chi connectivity index (χ3v) is 6.84. The van der Waals surface area contributed by atoms with E-state index in [1.165, 1.54) is 4.90 Å². The summed E-state index contributed by atoms with van der Waals surface area (Å²) in [4.78, 5) is 80.4. The number of nitrogens with zero attached hydrogens (tertiary/aromatic N) is 2. The lowest BCUT2D eigenvalue weighted by atomic mass is 10.0. The van der Waals surface area contributed by atoms with Crippen LogP contribution in [0.1, 0.15) is 37.3 Å². The molecule has 12 heteroatoms. The molecule has 5 N–H and O–H groups in total. The highest BCUT2D eigenvalue weighted by atomic mass is 16.4. The molecule has 0 aliphatic carbocycles. The number of nitrogens with one attached hydrogen (secondary N) is 2. The Labute approximate surface area is 222 Å². The number of carbonyl (C=O) groups excluding carboxylic acids is 3. The first kappa shape index (κ1) is 27.3. The van der Waals surface area contributed by atoms with Crippen molar-refractivity contribution in [2.24, 2.45) is 5.73 Å². The van der Waals surface area contributed by atoms with E-state index in [9.17, 15) is 33.9 Å². The molecule has 1 aromatic heterocycles. The summed E-state index contributed by atoms with van der Waals surface area (Å²) in [6, 6.07) is 11.7. The highest BCUT2D eigenvalue weighted by molar-refractivity contribution is 5.92. The summed E-state index contributed by atoms with van der Waals surface area (Å²) in [5, 5.41) is 12.1. The van der Waals surface area contributed by atoms with E-state index in [-0.39, 0.29) is 37.6 Å². The molecule has 12 nitrogen and oxygen atoms in total. The van der Waals surface area contributed by atoms with Gasteiger partial charge in [-0.1, -0.05) is 42.5 Å². The molecule has 3 atom stereocenters. The normalized spacial score (nSPS) is 16.5. The largest absolute Gasteiger partial charge is 0.480 e. The quantitative estimate of drug-likeness (QED) is 0.287. The van der Waals surface area contributed by atoms with Gasteiger partial charge in [-0.05, 0) is 37.0 Å². The maximum atomic E-state index is 14.0. The van der Waals surface area contributed by atoms with Crippen molar-refractivity contribution in [1.29, 1.82) is 0 Å². The van der Waals surface area contributed by atoms with Gasteiger partial charge in [0.25, 0.3) is 5.56 Å². The van der Waals surface area contributed by atoms with Gasteiger partial charge in [0.15, 0.2) is 0 Å². The van der Waals surface area contributed by atoms with Crippen LogP contribution in [0.15, 0.2) is 64.2 Å². The number of hydrogen-bond donors (Lipinski definition) is 4. The number of likely N-dealkylation sites (tertiary alicyclic amines) is 1. The molecule has 0 bridgehead atoms. The molecule has 1 aliphatic heterocycles. The number of amides is 3. The summed E-state index contributed by atoms with van der Waals surface area (Å²) in [6.45, 7) is 0.182. The molecule has 3 amide bonds. The molecule has 2 aromatic carbocycles. The van der Waals surface area contributed by atoms with Crippen LogP contribution in [0.4, 0.5) is 0 Å². The van der Waals surface area contributed by atoms with E-state index in [1.807, 2.05) is 0 Å². The molecule has 1 fully saturated rings. The van der Waals surface area contributed by atoms with Crippen molar-refractivity contribution in [3.8, 4) is 0 Å². The van der Waals surface area contributed by atoms with Gasteiger partial charge in [-0.3, -0.25) is 19.2 Å². The molecular formula is C27H29N5O7. The Morgan fingerprint density at radius 3 is 2.44 bits per heavy atom. The van der Waals surface area contributed by atoms with Crippen molar-refractivity contribution < 1.29 is 24.3 Å². The zero-order valence-corrected chi connectivity index (χ0v) is 21.0. The van der Waals surface area contributed by atoms with Crippen molar-refractivity contribution in [1.82, 2.24) is 19.8 Å². The molecular weight excluding hydrogens is 506 g/mol. The van der Waals surface area contributed by atoms with Gasteiger partial charge in [-0.25, -0.2) is 14.2 Å². The molecule has 0 unspecified atom stereocenters. The average Bonchev–Trinajstić information content (AvgIpc) is 3.40. The number of para-hydroxylation sites is 1.